The Balaban J connectivity index is 1.57. The summed E-state index contributed by atoms with van der Waals surface area (Å²) in [6.45, 7) is 0.744. The highest BCUT2D eigenvalue weighted by Crippen LogP contribution is 2.22. The molecule has 1 aromatic carbocycles. The number of amides is 4. The zero-order valence-corrected chi connectivity index (χ0v) is 22.0. The zero-order valence-electron chi connectivity index (χ0n) is 19.6. The highest BCUT2D eigenvalue weighted by atomic mass is 35.5. The Kier molecular flexibility index (Phi) is 10.5. The molecule has 1 saturated heterocycles. The first-order chi connectivity index (χ1) is 17.3. The van der Waals surface area contributed by atoms with E-state index in [1.54, 1.807) is 11.4 Å². The molecule has 3 N–H and O–H groups in total. The standard InChI is InChI=1S/C23H27Cl2N5O5S/c1-35-9-8-30(22(34)16-6-5-14(24)10-17(16)25)12-20(32)29-23-27-15(13-36-23)11-19(31)28-18-4-2-3-7-26-21(18)33/h5-6,10,13,18H,2-4,7-9,11-12H2,1H3,(H,26,33)(H,28,31)(H,27,29,32)/t18-/m0/s1. The van der Waals surface area contributed by atoms with Gasteiger partial charge in [-0.05, 0) is 37.5 Å². The van der Waals surface area contributed by atoms with Gasteiger partial charge in [-0.15, -0.1) is 11.3 Å². The van der Waals surface area contributed by atoms with E-state index in [2.05, 4.69) is 20.9 Å². The number of thiazole rings is 1. The molecular formula is C23H27Cl2N5O5S. The highest BCUT2D eigenvalue weighted by molar-refractivity contribution is 7.13. The summed E-state index contributed by atoms with van der Waals surface area (Å²) in [6.07, 6.45) is 2.30. The molecule has 4 amide bonds. The lowest BCUT2D eigenvalue weighted by atomic mass is 10.1. The Hall–Kier alpha value is -2.73. The Labute approximate surface area is 222 Å². The van der Waals surface area contributed by atoms with Gasteiger partial charge in [-0.2, -0.15) is 0 Å². The second-order valence-corrected chi connectivity index (χ2v) is 9.82. The van der Waals surface area contributed by atoms with Crippen molar-refractivity contribution in [2.24, 2.45) is 0 Å². The van der Waals surface area contributed by atoms with Crippen LogP contribution in [-0.2, 0) is 25.5 Å². The Morgan fingerprint density at radius 1 is 1.25 bits per heavy atom. The zero-order chi connectivity index (χ0) is 26.1. The molecule has 2 heterocycles. The van der Waals surface area contributed by atoms with Crippen LogP contribution < -0.4 is 16.0 Å². The first kappa shape index (κ1) is 27.9. The summed E-state index contributed by atoms with van der Waals surface area (Å²) in [5.41, 5.74) is 0.678. The molecule has 2 aromatic rings. The normalized spacial score (nSPS) is 15.5. The maximum Gasteiger partial charge on any atom is 0.255 e. The van der Waals surface area contributed by atoms with Gasteiger partial charge in [0, 0.05) is 30.6 Å². The van der Waals surface area contributed by atoms with E-state index >= 15 is 0 Å². The molecule has 0 unspecified atom stereocenters. The Morgan fingerprint density at radius 2 is 2.06 bits per heavy atom. The monoisotopic (exact) mass is 555 g/mol. The average molecular weight is 556 g/mol. The lowest BCUT2D eigenvalue weighted by molar-refractivity contribution is -0.128. The molecule has 36 heavy (non-hydrogen) atoms. The molecule has 3 rings (SSSR count). The van der Waals surface area contributed by atoms with Crippen LogP contribution >= 0.6 is 34.5 Å². The molecule has 194 valence electrons. The highest BCUT2D eigenvalue weighted by Gasteiger charge is 2.24. The summed E-state index contributed by atoms with van der Waals surface area (Å²) in [5, 5.41) is 10.7. The van der Waals surface area contributed by atoms with E-state index in [4.69, 9.17) is 27.9 Å². The summed E-state index contributed by atoms with van der Waals surface area (Å²) in [7, 11) is 1.49. The molecule has 0 saturated carbocycles. The van der Waals surface area contributed by atoms with Crippen molar-refractivity contribution in [1.82, 2.24) is 20.5 Å². The summed E-state index contributed by atoms with van der Waals surface area (Å²) in [4.78, 5) is 55.6. The molecule has 1 aliphatic rings. The van der Waals surface area contributed by atoms with E-state index in [0.29, 0.717) is 28.8 Å². The molecule has 1 atom stereocenters. The summed E-state index contributed by atoms with van der Waals surface area (Å²) in [6, 6.07) is 3.95. The first-order valence-electron chi connectivity index (χ1n) is 11.3. The number of halogens is 2. The van der Waals surface area contributed by atoms with Gasteiger partial charge in [0.25, 0.3) is 5.91 Å². The van der Waals surface area contributed by atoms with Crippen molar-refractivity contribution in [2.45, 2.75) is 31.7 Å². The van der Waals surface area contributed by atoms with Crippen LogP contribution in [0.4, 0.5) is 5.13 Å². The Bertz CT molecular complexity index is 1110. The molecule has 1 aliphatic heterocycles. The van der Waals surface area contributed by atoms with Gasteiger partial charge in [-0.1, -0.05) is 23.2 Å². The number of ether oxygens (including phenoxy) is 1. The van der Waals surface area contributed by atoms with Gasteiger partial charge in [0.1, 0.15) is 12.6 Å². The fourth-order valence-corrected chi connectivity index (χ4v) is 4.77. The quantitative estimate of drug-likeness (QED) is 0.413. The van der Waals surface area contributed by atoms with E-state index < -0.39 is 17.9 Å². The van der Waals surface area contributed by atoms with Crippen LogP contribution in [0.3, 0.4) is 0 Å². The number of nitrogens with one attached hydrogen (secondary N) is 3. The number of carbonyl (C=O) groups excluding carboxylic acids is 4. The van der Waals surface area contributed by atoms with Crippen molar-refractivity contribution in [2.75, 3.05) is 38.7 Å². The van der Waals surface area contributed by atoms with Gasteiger partial charge in [0.05, 0.1) is 29.3 Å². The number of hydrogen-bond acceptors (Lipinski definition) is 7. The second kappa shape index (κ2) is 13.5. The van der Waals surface area contributed by atoms with Gasteiger partial charge in [0.15, 0.2) is 5.13 Å². The van der Waals surface area contributed by atoms with Crippen LogP contribution in [0.1, 0.15) is 35.3 Å². The minimum absolute atomic E-state index is 0.0241. The van der Waals surface area contributed by atoms with Crippen molar-refractivity contribution in [3.63, 3.8) is 0 Å². The fraction of sp³-hybridized carbons (Fsp3) is 0.435. The van der Waals surface area contributed by atoms with Gasteiger partial charge in [-0.25, -0.2) is 4.98 Å². The third-order valence-corrected chi connectivity index (χ3v) is 6.71. The summed E-state index contributed by atoms with van der Waals surface area (Å²) < 4.78 is 5.06. The lowest BCUT2D eigenvalue weighted by Gasteiger charge is -2.22. The SMILES string of the molecule is COCCN(CC(=O)Nc1nc(CC(=O)N[C@H]2CCCCNC2=O)cs1)C(=O)c1ccc(Cl)cc1Cl. The Morgan fingerprint density at radius 3 is 2.81 bits per heavy atom. The van der Waals surface area contributed by atoms with Crippen LogP contribution in [0.25, 0.3) is 0 Å². The molecule has 1 fully saturated rings. The van der Waals surface area contributed by atoms with Crippen LogP contribution in [0.2, 0.25) is 10.0 Å². The summed E-state index contributed by atoms with van der Waals surface area (Å²) >= 11 is 13.2. The van der Waals surface area contributed by atoms with Crippen LogP contribution in [0.5, 0.6) is 0 Å². The van der Waals surface area contributed by atoms with E-state index in [9.17, 15) is 19.2 Å². The van der Waals surface area contributed by atoms with E-state index in [0.717, 1.165) is 24.2 Å². The number of nitrogens with zero attached hydrogens (tertiary/aromatic N) is 2. The fourth-order valence-electron chi connectivity index (χ4n) is 3.55. The number of aromatic nitrogens is 1. The minimum atomic E-state index is -0.553. The number of anilines is 1. The van der Waals surface area contributed by atoms with Crippen molar-refractivity contribution >= 4 is 63.3 Å². The van der Waals surface area contributed by atoms with Gasteiger partial charge >= 0.3 is 0 Å². The molecule has 0 aliphatic carbocycles. The minimum Gasteiger partial charge on any atom is -0.383 e. The maximum atomic E-state index is 13.0. The van der Waals surface area contributed by atoms with Crippen molar-refractivity contribution in [3.05, 3.63) is 44.9 Å². The third-order valence-electron chi connectivity index (χ3n) is 5.36. The summed E-state index contributed by atoms with van der Waals surface area (Å²) in [5.74, 6) is -1.41. The molecule has 0 radical (unpaired) electrons. The number of benzene rings is 1. The molecule has 1 aromatic heterocycles. The van der Waals surface area contributed by atoms with Crippen LogP contribution in [-0.4, -0.2) is 72.9 Å². The van der Waals surface area contributed by atoms with Crippen molar-refractivity contribution in [1.29, 1.82) is 0 Å². The number of carbonyl (C=O) groups is 4. The van der Waals surface area contributed by atoms with E-state index in [1.165, 1.54) is 24.1 Å². The maximum absolute atomic E-state index is 13.0. The van der Waals surface area contributed by atoms with Crippen molar-refractivity contribution < 1.29 is 23.9 Å². The second-order valence-electron chi connectivity index (χ2n) is 8.12. The molecule has 13 heteroatoms. The largest absolute Gasteiger partial charge is 0.383 e. The van der Waals surface area contributed by atoms with E-state index in [1.807, 2.05) is 0 Å². The molecule has 0 bridgehead atoms. The topological polar surface area (TPSA) is 130 Å². The van der Waals surface area contributed by atoms with Crippen LogP contribution in [0, 0.1) is 0 Å². The number of hydrogen-bond donors (Lipinski definition) is 3. The molecular weight excluding hydrogens is 529 g/mol. The lowest BCUT2D eigenvalue weighted by Crippen LogP contribution is -2.46. The molecule has 0 spiro atoms. The van der Waals surface area contributed by atoms with Gasteiger partial charge in [-0.3, -0.25) is 19.2 Å². The first-order valence-corrected chi connectivity index (χ1v) is 12.9. The third kappa shape index (κ3) is 8.16. The number of methoxy groups -OCH3 is 1. The smallest absolute Gasteiger partial charge is 0.255 e. The predicted octanol–water partition coefficient (Wildman–Crippen LogP) is 2.50. The van der Waals surface area contributed by atoms with Crippen molar-refractivity contribution in [3.8, 4) is 0 Å². The molecule has 10 nitrogen and oxygen atoms in total. The predicted molar refractivity (Wildman–Crippen MR) is 137 cm³/mol. The van der Waals surface area contributed by atoms with Gasteiger partial charge in [0.2, 0.25) is 17.7 Å². The van der Waals surface area contributed by atoms with Gasteiger partial charge < -0.3 is 25.6 Å². The number of rotatable bonds is 10. The van der Waals surface area contributed by atoms with E-state index in [-0.39, 0.29) is 48.5 Å². The average Bonchev–Trinajstić information content (AvgIpc) is 3.15. The van der Waals surface area contributed by atoms with Crippen LogP contribution in [0.15, 0.2) is 23.6 Å².